The first-order chi connectivity index (χ1) is 5.34. The molecule has 0 radical (unpaired) electrons. The average molecular weight is 167 g/mol. The normalized spacial score (nSPS) is 8.45. The first-order valence-corrected chi connectivity index (χ1v) is 3.62. The van der Waals surface area contributed by atoms with Crippen molar-refractivity contribution in [1.29, 1.82) is 0 Å². The van der Waals surface area contributed by atoms with Crippen LogP contribution in [0.3, 0.4) is 0 Å². The number of hydrogen-bond acceptors (Lipinski definition) is 2. The van der Waals surface area contributed by atoms with Crippen molar-refractivity contribution in [3.63, 3.8) is 0 Å². The molecule has 0 aliphatic rings. The molecule has 0 bridgehead atoms. The number of nitrogens with zero attached hydrogens (tertiary/aromatic N) is 1. The van der Waals surface area contributed by atoms with Crippen molar-refractivity contribution in [3.8, 4) is 11.8 Å². The summed E-state index contributed by atoms with van der Waals surface area (Å²) in [6.07, 6.45) is 3.22. The second-order valence-corrected chi connectivity index (χ2v) is 2.17. The van der Waals surface area contributed by atoms with Crippen LogP contribution in [-0.2, 0) is 0 Å². The van der Waals surface area contributed by atoms with Crippen LogP contribution in [0.2, 0.25) is 0 Å². The minimum atomic E-state index is 0.321. The number of alkyl halides is 1. The van der Waals surface area contributed by atoms with Crippen molar-refractivity contribution >= 4 is 17.3 Å². The van der Waals surface area contributed by atoms with Gasteiger partial charge in [-0.05, 0) is 6.07 Å². The molecule has 0 fully saturated rings. The third kappa shape index (κ3) is 2.14. The average Bonchev–Trinajstić information content (AvgIpc) is 2.03. The zero-order chi connectivity index (χ0) is 8.10. The standard InChI is InChI=1S/C8H7ClN2/c9-4-1-2-7-3-5-11-6-8(7)10/h3,5-6H,4,10H2. The lowest BCUT2D eigenvalue weighted by molar-refractivity contribution is 1.32. The van der Waals surface area contributed by atoms with E-state index in [0.717, 1.165) is 5.56 Å². The minimum Gasteiger partial charge on any atom is -0.396 e. The Kier molecular flexibility index (Phi) is 2.76. The molecule has 2 N–H and O–H groups in total. The van der Waals surface area contributed by atoms with Gasteiger partial charge in [-0.25, -0.2) is 0 Å². The van der Waals surface area contributed by atoms with Gasteiger partial charge in [0.1, 0.15) is 0 Å². The Bertz CT molecular complexity index is 298. The molecule has 0 unspecified atom stereocenters. The van der Waals surface area contributed by atoms with E-state index < -0.39 is 0 Å². The fraction of sp³-hybridized carbons (Fsp3) is 0.125. The number of pyridine rings is 1. The van der Waals surface area contributed by atoms with Crippen LogP contribution in [-0.4, -0.2) is 10.9 Å². The van der Waals surface area contributed by atoms with Gasteiger partial charge in [0.2, 0.25) is 0 Å². The summed E-state index contributed by atoms with van der Waals surface area (Å²) in [6.45, 7) is 0. The lowest BCUT2D eigenvalue weighted by Crippen LogP contribution is -1.90. The van der Waals surface area contributed by atoms with Crippen molar-refractivity contribution in [2.45, 2.75) is 0 Å². The molecule has 2 nitrogen and oxygen atoms in total. The molecule has 0 amide bonds. The first-order valence-electron chi connectivity index (χ1n) is 3.09. The number of rotatable bonds is 0. The van der Waals surface area contributed by atoms with E-state index in [1.165, 1.54) is 0 Å². The van der Waals surface area contributed by atoms with E-state index in [0.29, 0.717) is 11.6 Å². The molecule has 56 valence electrons. The molecule has 0 saturated heterocycles. The van der Waals surface area contributed by atoms with Gasteiger partial charge in [0.05, 0.1) is 23.3 Å². The summed E-state index contributed by atoms with van der Waals surface area (Å²) in [5, 5.41) is 0. The quantitative estimate of drug-likeness (QED) is 0.466. The Morgan fingerprint density at radius 1 is 1.64 bits per heavy atom. The smallest absolute Gasteiger partial charge is 0.0839 e. The topological polar surface area (TPSA) is 38.9 Å². The summed E-state index contributed by atoms with van der Waals surface area (Å²) in [5.41, 5.74) is 6.92. The van der Waals surface area contributed by atoms with Crippen LogP contribution in [0.1, 0.15) is 5.56 Å². The summed E-state index contributed by atoms with van der Waals surface area (Å²) < 4.78 is 0. The number of aromatic nitrogens is 1. The Morgan fingerprint density at radius 3 is 3.09 bits per heavy atom. The molecular weight excluding hydrogens is 160 g/mol. The Hall–Kier alpha value is -1.20. The van der Waals surface area contributed by atoms with Crippen LogP contribution < -0.4 is 5.73 Å². The van der Waals surface area contributed by atoms with Crippen LogP contribution >= 0.6 is 11.6 Å². The zero-order valence-electron chi connectivity index (χ0n) is 5.84. The van der Waals surface area contributed by atoms with E-state index >= 15 is 0 Å². The van der Waals surface area contributed by atoms with Crippen molar-refractivity contribution in [3.05, 3.63) is 24.0 Å². The maximum Gasteiger partial charge on any atom is 0.0839 e. The van der Waals surface area contributed by atoms with Crippen LogP contribution in [0.25, 0.3) is 0 Å². The van der Waals surface area contributed by atoms with Gasteiger partial charge in [-0.2, -0.15) is 0 Å². The van der Waals surface area contributed by atoms with Gasteiger partial charge in [0.25, 0.3) is 0 Å². The molecule has 0 aromatic carbocycles. The second-order valence-electron chi connectivity index (χ2n) is 1.90. The predicted octanol–water partition coefficient (Wildman–Crippen LogP) is 1.25. The summed E-state index contributed by atoms with van der Waals surface area (Å²) in [7, 11) is 0. The Balaban J connectivity index is 2.95. The van der Waals surface area contributed by atoms with Gasteiger partial charge >= 0.3 is 0 Å². The van der Waals surface area contributed by atoms with E-state index in [1.54, 1.807) is 18.5 Å². The maximum atomic E-state index is 5.55. The summed E-state index contributed by atoms with van der Waals surface area (Å²) in [4.78, 5) is 3.83. The van der Waals surface area contributed by atoms with Crippen molar-refractivity contribution in [2.75, 3.05) is 11.6 Å². The zero-order valence-corrected chi connectivity index (χ0v) is 6.60. The van der Waals surface area contributed by atoms with Gasteiger partial charge < -0.3 is 5.73 Å². The molecule has 11 heavy (non-hydrogen) atoms. The molecule has 0 aliphatic heterocycles. The third-order valence-corrected chi connectivity index (χ3v) is 1.28. The summed E-state index contributed by atoms with van der Waals surface area (Å²) in [5.74, 6) is 5.85. The van der Waals surface area contributed by atoms with Gasteiger partial charge in [0.15, 0.2) is 0 Å². The van der Waals surface area contributed by atoms with E-state index in [4.69, 9.17) is 17.3 Å². The van der Waals surface area contributed by atoms with Gasteiger partial charge in [-0.3, -0.25) is 4.98 Å². The van der Waals surface area contributed by atoms with E-state index in [1.807, 2.05) is 0 Å². The van der Waals surface area contributed by atoms with Crippen molar-refractivity contribution in [2.24, 2.45) is 0 Å². The molecule has 0 aliphatic carbocycles. The molecule has 0 atom stereocenters. The molecule has 1 aromatic heterocycles. The number of anilines is 1. The molecule has 0 saturated carbocycles. The second kappa shape index (κ2) is 3.85. The van der Waals surface area contributed by atoms with Gasteiger partial charge in [-0.15, -0.1) is 11.6 Å². The van der Waals surface area contributed by atoms with Gasteiger partial charge in [0, 0.05) is 6.20 Å². The molecular formula is C8H7ClN2. The summed E-state index contributed by atoms with van der Waals surface area (Å²) >= 11 is 5.37. The molecule has 0 spiro atoms. The fourth-order valence-corrected chi connectivity index (χ4v) is 0.716. The molecule has 1 aromatic rings. The van der Waals surface area contributed by atoms with Crippen LogP contribution in [0.15, 0.2) is 18.5 Å². The Labute approximate surface area is 70.4 Å². The minimum absolute atomic E-state index is 0.321. The van der Waals surface area contributed by atoms with E-state index in [2.05, 4.69) is 16.8 Å². The predicted molar refractivity (Wildman–Crippen MR) is 46.2 cm³/mol. The number of nitrogens with two attached hydrogens (primary N) is 1. The van der Waals surface area contributed by atoms with Crippen molar-refractivity contribution < 1.29 is 0 Å². The lowest BCUT2D eigenvalue weighted by Gasteiger charge is -1.93. The number of halogens is 1. The first kappa shape index (κ1) is 7.90. The van der Waals surface area contributed by atoms with E-state index in [-0.39, 0.29) is 0 Å². The monoisotopic (exact) mass is 166 g/mol. The highest BCUT2D eigenvalue weighted by Crippen LogP contribution is 2.05. The number of hydrogen-bond donors (Lipinski definition) is 1. The van der Waals surface area contributed by atoms with Crippen LogP contribution in [0.5, 0.6) is 0 Å². The number of nitrogen functional groups attached to an aromatic ring is 1. The van der Waals surface area contributed by atoms with Crippen LogP contribution in [0.4, 0.5) is 5.69 Å². The Morgan fingerprint density at radius 2 is 2.45 bits per heavy atom. The van der Waals surface area contributed by atoms with Gasteiger partial charge in [-0.1, -0.05) is 11.8 Å². The molecule has 1 heterocycles. The largest absolute Gasteiger partial charge is 0.396 e. The maximum absolute atomic E-state index is 5.55. The molecule has 3 heteroatoms. The summed E-state index contributed by atoms with van der Waals surface area (Å²) in [6, 6.07) is 1.76. The third-order valence-electron chi connectivity index (χ3n) is 1.14. The highest BCUT2D eigenvalue weighted by Gasteiger charge is 1.90. The van der Waals surface area contributed by atoms with Crippen LogP contribution in [0, 0.1) is 11.8 Å². The lowest BCUT2D eigenvalue weighted by atomic mass is 10.2. The molecule has 1 rings (SSSR count). The SMILES string of the molecule is Nc1cnccc1C#CCCl. The van der Waals surface area contributed by atoms with E-state index in [9.17, 15) is 0 Å². The highest BCUT2D eigenvalue weighted by atomic mass is 35.5. The van der Waals surface area contributed by atoms with Crippen molar-refractivity contribution in [1.82, 2.24) is 4.98 Å². The fourth-order valence-electron chi connectivity index (χ4n) is 0.649. The highest BCUT2D eigenvalue weighted by molar-refractivity contribution is 6.19.